The number of rotatable bonds is 7. The molecule has 0 aliphatic heterocycles. The van der Waals surface area contributed by atoms with Gasteiger partial charge in [-0.3, -0.25) is 4.99 Å². The highest BCUT2D eigenvalue weighted by Crippen LogP contribution is 2.20. The first-order chi connectivity index (χ1) is 14.2. The van der Waals surface area contributed by atoms with E-state index in [0.717, 1.165) is 16.9 Å². The summed E-state index contributed by atoms with van der Waals surface area (Å²) in [6.45, 7) is 1.16. The molecule has 1 heterocycles. The number of methoxy groups -OCH3 is 1. The molecule has 3 aromatic rings. The van der Waals surface area contributed by atoms with E-state index in [1.807, 2.05) is 36.4 Å². The van der Waals surface area contributed by atoms with Crippen molar-refractivity contribution in [2.45, 2.75) is 13.1 Å². The van der Waals surface area contributed by atoms with Crippen LogP contribution in [0.3, 0.4) is 0 Å². The van der Waals surface area contributed by atoms with Crippen molar-refractivity contribution < 1.29 is 13.9 Å². The predicted octanol–water partition coefficient (Wildman–Crippen LogP) is 4.50. The summed E-state index contributed by atoms with van der Waals surface area (Å²) >= 11 is 0. The van der Waals surface area contributed by atoms with Gasteiger partial charge in [-0.15, -0.1) is 24.0 Å². The monoisotopic (exact) mass is 522 g/mol. The Bertz CT molecular complexity index is 967. The maximum atomic E-state index is 13.0. The second-order valence-corrected chi connectivity index (χ2v) is 6.19. The Labute approximate surface area is 192 Å². The zero-order valence-electron chi connectivity index (χ0n) is 16.8. The number of guanidine groups is 1. The van der Waals surface area contributed by atoms with Gasteiger partial charge in [0, 0.05) is 32.4 Å². The van der Waals surface area contributed by atoms with Crippen LogP contribution in [0, 0.1) is 5.82 Å². The van der Waals surface area contributed by atoms with Crippen LogP contribution < -0.4 is 20.1 Å². The molecule has 2 N–H and O–H groups in total. The molecule has 0 fully saturated rings. The number of benzene rings is 2. The van der Waals surface area contributed by atoms with Crippen molar-refractivity contribution in [3.63, 3.8) is 0 Å². The third-order valence-electron chi connectivity index (χ3n) is 4.11. The van der Waals surface area contributed by atoms with Gasteiger partial charge >= 0.3 is 0 Å². The first kappa shape index (κ1) is 23.4. The summed E-state index contributed by atoms with van der Waals surface area (Å²) in [5.74, 6) is 2.15. The lowest BCUT2D eigenvalue weighted by Gasteiger charge is -2.13. The summed E-state index contributed by atoms with van der Waals surface area (Å²) in [6, 6.07) is 17.4. The van der Waals surface area contributed by atoms with Crippen molar-refractivity contribution in [3.8, 4) is 17.4 Å². The average Bonchev–Trinajstić information content (AvgIpc) is 2.76. The number of aliphatic imine (C=N–C) groups is 1. The smallest absolute Gasteiger partial charge is 0.219 e. The molecule has 1 aromatic heterocycles. The second-order valence-electron chi connectivity index (χ2n) is 6.19. The fourth-order valence-corrected chi connectivity index (χ4v) is 2.61. The molecule has 0 saturated carbocycles. The van der Waals surface area contributed by atoms with Crippen molar-refractivity contribution in [1.82, 2.24) is 15.6 Å². The van der Waals surface area contributed by atoms with Gasteiger partial charge in [0.1, 0.15) is 17.3 Å². The second kappa shape index (κ2) is 12.0. The minimum Gasteiger partial charge on any atom is -0.497 e. The third kappa shape index (κ3) is 7.18. The quantitative estimate of drug-likeness (QED) is 0.272. The van der Waals surface area contributed by atoms with Crippen molar-refractivity contribution in [3.05, 3.63) is 83.8 Å². The van der Waals surface area contributed by atoms with E-state index in [4.69, 9.17) is 9.47 Å². The SMILES string of the molecule is CN=C(NCc1cccc(OC)c1)NCc1ccnc(Oc2ccc(F)cc2)c1.I. The van der Waals surface area contributed by atoms with Gasteiger partial charge in [0.05, 0.1) is 7.11 Å². The Morgan fingerprint density at radius 1 is 0.967 bits per heavy atom. The van der Waals surface area contributed by atoms with Crippen LogP contribution in [0.25, 0.3) is 0 Å². The fourth-order valence-electron chi connectivity index (χ4n) is 2.61. The largest absolute Gasteiger partial charge is 0.497 e. The van der Waals surface area contributed by atoms with Crippen molar-refractivity contribution in [2.75, 3.05) is 14.2 Å². The molecule has 6 nitrogen and oxygen atoms in total. The van der Waals surface area contributed by atoms with Gasteiger partial charge < -0.3 is 20.1 Å². The van der Waals surface area contributed by atoms with Gasteiger partial charge in [0.25, 0.3) is 0 Å². The molecule has 0 aliphatic carbocycles. The van der Waals surface area contributed by atoms with Crippen LogP contribution in [0.15, 0.2) is 71.9 Å². The van der Waals surface area contributed by atoms with E-state index in [1.54, 1.807) is 32.5 Å². The lowest BCUT2D eigenvalue weighted by Crippen LogP contribution is -2.36. The molecular formula is C22H24FIN4O2. The number of ether oxygens (including phenoxy) is 2. The van der Waals surface area contributed by atoms with Crippen LogP contribution >= 0.6 is 24.0 Å². The topological polar surface area (TPSA) is 67.8 Å². The summed E-state index contributed by atoms with van der Waals surface area (Å²) in [5.41, 5.74) is 2.06. The van der Waals surface area contributed by atoms with Crippen LogP contribution in [0.1, 0.15) is 11.1 Å². The summed E-state index contributed by atoms with van der Waals surface area (Å²) in [5, 5.41) is 6.53. The maximum absolute atomic E-state index is 13.0. The Hall–Kier alpha value is -2.88. The van der Waals surface area contributed by atoms with Crippen molar-refractivity contribution >= 4 is 29.9 Å². The molecule has 0 amide bonds. The molecule has 8 heteroatoms. The van der Waals surface area contributed by atoms with Crippen LogP contribution in [-0.4, -0.2) is 25.1 Å². The molecule has 30 heavy (non-hydrogen) atoms. The molecule has 0 bridgehead atoms. The highest BCUT2D eigenvalue weighted by atomic mass is 127. The first-order valence-electron chi connectivity index (χ1n) is 9.12. The Kier molecular flexibility index (Phi) is 9.33. The fraction of sp³-hybridized carbons (Fsp3) is 0.182. The van der Waals surface area contributed by atoms with Crippen LogP contribution in [0.5, 0.6) is 17.4 Å². The minimum absolute atomic E-state index is 0. The minimum atomic E-state index is -0.309. The molecule has 0 atom stereocenters. The highest BCUT2D eigenvalue weighted by molar-refractivity contribution is 14.0. The highest BCUT2D eigenvalue weighted by Gasteiger charge is 2.04. The summed E-state index contributed by atoms with van der Waals surface area (Å²) in [6.07, 6.45) is 1.67. The van der Waals surface area contributed by atoms with Crippen LogP contribution in [-0.2, 0) is 13.1 Å². The summed E-state index contributed by atoms with van der Waals surface area (Å²) in [7, 11) is 3.37. The van der Waals surface area contributed by atoms with Gasteiger partial charge in [-0.1, -0.05) is 12.1 Å². The average molecular weight is 522 g/mol. The van der Waals surface area contributed by atoms with E-state index in [-0.39, 0.29) is 29.8 Å². The first-order valence-corrected chi connectivity index (χ1v) is 9.12. The number of pyridine rings is 1. The number of hydrogen-bond donors (Lipinski definition) is 2. The molecule has 0 unspecified atom stereocenters. The van der Waals surface area contributed by atoms with E-state index in [9.17, 15) is 4.39 Å². The molecule has 2 aromatic carbocycles. The van der Waals surface area contributed by atoms with Crippen LogP contribution in [0.2, 0.25) is 0 Å². The standard InChI is InChI=1S/C22H23FN4O2.HI/c1-24-22(26-14-16-4-3-5-20(12-16)28-2)27-15-17-10-11-25-21(13-17)29-19-8-6-18(23)7-9-19;/h3-13H,14-15H2,1-2H3,(H2,24,26,27);1H. The lowest BCUT2D eigenvalue weighted by atomic mass is 10.2. The van der Waals surface area contributed by atoms with E-state index < -0.39 is 0 Å². The maximum Gasteiger partial charge on any atom is 0.219 e. The molecule has 0 saturated heterocycles. The van der Waals surface area contributed by atoms with Gasteiger partial charge in [0.2, 0.25) is 5.88 Å². The van der Waals surface area contributed by atoms with E-state index in [0.29, 0.717) is 30.7 Å². The molecule has 0 radical (unpaired) electrons. The molecule has 158 valence electrons. The Morgan fingerprint density at radius 2 is 1.67 bits per heavy atom. The number of hydrogen-bond acceptors (Lipinski definition) is 4. The van der Waals surface area contributed by atoms with Gasteiger partial charge in [-0.25, -0.2) is 9.37 Å². The zero-order chi connectivity index (χ0) is 20.5. The van der Waals surface area contributed by atoms with E-state index in [1.165, 1.54) is 12.1 Å². The van der Waals surface area contributed by atoms with Crippen molar-refractivity contribution in [1.29, 1.82) is 0 Å². The van der Waals surface area contributed by atoms with E-state index >= 15 is 0 Å². The number of aromatic nitrogens is 1. The Morgan fingerprint density at radius 3 is 2.33 bits per heavy atom. The third-order valence-corrected chi connectivity index (χ3v) is 4.11. The zero-order valence-corrected chi connectivity index (χ0v) is 19.1. The van der Waals surface area contributed by atoms with Crippen molar-refractivity contribution in [2.24, 2.45) is 4.99 Å². The van der Waals surface area contributed by atoms with Gasteiger partial charge in [-0.05, 0) is 53.6 Å². The lowest BCUT2D eigenvalue weighted by molar-refractivity contribution is 0.414. The van der Waals surface area contributed by atoms with E-state index in [2.05, 4.69) is 20.6 Å². The molecule has 0 aliphatic rings. The number of nitrogens with zero attached hydrogens (tertiary/aromatic N) is 2. The molecule has 0 spiro atoms. The van der Waals surface area contributed by atoms with Crippen LogP contribution in [0.4, 0.5) is 4.39 Å². The van der Waals surface area contributed by atoms with Gasteiger partial charge in [-0.2, -0.15) is 0 Å². The Balaban J connectivity index is 0.00000320. The molecule has 3 rings (SSSR count). The number of halogens is 2. The normalized spacial score (nSPS) is 10.7. The summed E-state index contributed by atoms with van der Waals surface area (Å²) < 4.78 is 23.9. The number of nitrogens with one attached hydrogen (secondary N) is 2. The summed E-state index contributed by atoms with van der Waals surface area (Å²) in [4.78, 5) is 8.44. The van der Waals surface area contributed by atoms with Gasteiger partial charge in [0.15, 0.2) is 5.96 Å². The predicted molar refractivity (Wildman–Crippen MR) is 126 cm³/mol. The molecular weight excluding hydrogens is 498 g/mol.